The van der Waals surface area contributed by atoms with Gasteiger partial charge in [0.05, 0.1) is 12.7 Å². The molecule has 0 bridgehead atoms. The summed E-state index contributed by atoms with van der Waals surface area (Å²) in [6.45, 7) is 0. The van der Waals surface area contributed by atoms with E-state index in [0.717, 1.165) is 0 Å². The second-order valence-corrected chi connectivity index (χ2v) is 3.40. The van der Waals surface area contributed by atoms with Crippen LogP contribution in [0.2, 0.25) is 0 Å². The molecule has 1 amide bonds. The predicted molar refractivity (Wildman–Crippen MR) is 62.2 cm³/mol. The van der Waals surface area contributed by atoms with E-state index in [1.54, 1.807) is 24.3 Å². The Morgan fingerprint density at radius 1 is 1.28 bits per heavy atom. The van der Waals surface area contributed by atoms with Crippen LogP contribution in [0.15, 0.2) is 41.3 Å². The smallest absolute Gasteiger partial charge is 0.337 e. The van der Waals surface area contributed by atoms with E-state index in [1.807, 2.05) is 0 Å². The summed E-state index contributed by atoms with van der Waals surface area (Å²) >= 11 is 0. The lowest BCUT2D eigenvalue weighted by molar-refractivity contribution is 0.0600. The molecule has 0 saturated heterocycles. The number of nitrogens with zero attached hydrogens (tertiary/aromatic N) is 1. The van der Waals surface area contributed by atoms with Crippen molar-refractivity contribution >= 4 is 17.6 Å². The lowest BCUT2D eigenvalue weighted by Gasteiger charge is -2.04. The Kier molecular flexibility index (Phi) is 3.38. The van der Waals surface area contributed by atoms with Gasteiger partial charge in [0.15, 0.2) is 12.1 Å². The van der Waals surface area contributed by atoms with Crippen LogP contribution in [0.5, 0.6) is 0 Å². The molecule has 2 aromatic rings. The van der Waals surface area contributed by atoms with Gasteiger partial charge in [0.25, 0.3) is 5.91 Å². The highest BCUT2D eigenvalue weighted by molar-refractivity contribution is 6.02. The molecule has 92 valence electrons. The summed E-state index contributed by atoms with van der Waals surface area (Å²) < 4.78 is 9.27. The van der Waals surface area contributed by atoms with Crippen molar-refractivity contribution in [2.75, 3.05) is 12.4 Å². The number of carbonyl (C=O) groups excluding carboxylic acids is 2. The van der Waals surface area contributed by atoms with E-state index < -0.39 is 5.97 Å². The molecule has 0 aliphatic rings. The number of rotatable bonds is 3. The number of oxazole rings is 1. The molecule has 0 saturated carbocycles. The van der Waals surface area contributed by atoms with E-state index in [9.17, 15) is 9.59 Å². The predicted octanol–water partition coefficient (Wildman–Crippen LogP) is 1.71. The van der Waals surface area contributed by atoms with E-state index in [-0.39, 0.29) is 11.6 Å². The van der Waals surface area contributed by atoms with Crippen molar-refractivity contribution in [3.63, 3.8) is 0 Å². The van der Waals surface area contributed by atoms with Gasteiger partial charge in [-0.15, -0.1) is 0 Å². The van der Waals surface area contributed by atoms with Crippen LogP contribution in [0, 0.1) is 0 Å². The van der Waals surface area contributed by atoms with E-state index in [4.69, 9.17) is 4.42 Å². The molecule has 1 aromatic heterocycles. The first-order chi connectivity index (χ1) is 8.70. The van der Waals surface area contributed by atoms with Crippen molar-refractivity contribution in [1.82, 2.24) is 4.98 Å². The van der Waals surface area contributed by atoms with Gasteiger partial charge in [-0.05, 0) is 24.3 Å². The number of esters is 1. The monoisotopic (exact) mass is 246 g/mol. The van der Waals surface area contributed by atoms with Crippen molar-refractivity contribution in [2.45, 2.75) is 0 Å². The van der Waals surface area contributed by atoms with Crippen molar-refractivity contribution in [3.05, 3.63) is 48.2 Å². The maximum Gasteiger partial charge on any atom is 0.337 e. The number of hydrogen-bond donors (Lipinski definition) is 1. The zero-order valence-electron chi connectivity index (χ0n) is 9.54. The second kappa shape index (κ2) is 5.13. The number of anilines is 1. The molecular formula is C12H10N2O4. The van der Waals surface area contributed by atoms with Crippen molar-refractivity contribution in [2.24, 2.45) is 0 Å². The summed E-state index contributed by atoms with van der Waals surface area (Å²) in [4.78, 5) is 26.5. The first kappa shape index (κ1) is 11.8. The van der Waals surface area contributed by atoms with Crippen LogP contribution in [0.4, 0.5) is 5.69 Å². The van der Waals surface area contributed by atoms with Crippen LogP contribution < -0.4 is 5.32 Å². The molecule has 1 heterocycles. The Balaban J connectivity index is 2.07. The van der Waals surface area contributed by atoms with Gasteiger partial charge < -0.3 is 14.5 Å². The number of ether oxygens (including phenoxy) is 1. The molecule has 18 heavy (non-hydrogen) atoms. The number of aromatic nitrogens is 1. The fourth-order valence-electron chi connectivity index (χ4n) is 1.33. The van der Waals surface area contributed by atoms with E-state index in [0.29, 0.717) is 11.3 Å². The molecule has 1 aromatic carbocycles. The zero-order valence-corrected chi connectivity index (χ0v) is 9.54. The quantitative estimate of drug-likeness (QED) is 0.834. The second-order valence-electron chi connectivity index (χ2n) is 3.40. The molecule has 0 radical (unpaired) electrons. The summed E-state index contributed by atoms with van der Waals surface area (Å²) in [5, 5.41) is 2.61. The number of methoxy groups -OCH3 is 1. The molecule has 0 atom stereocenters. The Hall–Kier alpha value is -2.63. The average molecular weight is 246 g/mol. The molecular weight excluding hydrogens is 236 g/mol. The summed E-state index contributed by atoms with van der Waals surface area (Å²) in [6, 6.07) is 6.32. The average Bonchev–Trinajstić information content (AvgIpc) is 2.92. The van der Waals surface area contributed by atoms with Crippen LogP contribution in [0.1, 0.15) is 20.8 Å². The van der Waals surface area contributed by atoms with Crippen LogP contribution in [0.25, 0.3) is 0 Å². The van der Waals surface area contributed by atoms with Crippen molar-refractivity contribution < 1.29 is 18.7 Å². The largest absolute Gasteiger partial charge is 0.465 e. The third-order valence-corrected chi connectivity index (χ3v) is 2.23. The maximum absolute atomic E-state index is 11.6. The molecule has 2 rings (SSSR count). The van der Waals surface area contributed by atoms with Crippen LogP contribution in [-0.2, 0) is 4.74 Å². The SMILES string of the molecule is COC(=O)c1ccc(NC(=O)c2cocn2)cc1. The number of nitrogens with one attached hydrogen (secondary N) is 1. The fourth-order valence-corrected chi connectivity index (χ4v) is 1.33. The van der Waals surface area contributed by atoms with Gasteiger partial charge in [-0.1, -0.05) is 0 Å². The Bertz CT molecular complexity index is 546. The number of amides is 1. The molecule has 6 heteroatoms. The summed E-state index contributed by atoms with van der Waals surface area (Å²) in [7, 11) is 1.31. The first-order valence-corrected chi connectivity index (χ1v) is 5.08. The van der Waals surface area contributed by atoms with Crippen molar-refractivity contribution in [1.29, 1.82) is 0 Å². The van der Waals surface area contributed by atoms with Crippen molar-refractivity contribution in [3.8, 4) is 0 Å². The zero-order chi connectivity index (χ0) is 13.0. The van der Waals surface area contributed by atoms with Gasteiger partial charge in [-0.3, -0.25) is 4.79 Å². The summed E-state index contributed by atoms with van der Waals surface area (Å²) in [5.41, 5.74) is 1.15. The Labute approximate surface area is 103 Å². The normalized spacial score (nSPS) is 9.83. The molecule has 0 aliphatic heterocycles. The number of benzene rings is 1. The highest BCUT2D eigenvalue weighted by Crippen LogP contribution is 2.11. The molecule has 0 fully saturated rings. The molecule has 0 unspecified atom stereocenters. The highest BCUT2D eigenvalue weighted by atomic mass is 16.5. The van der Waals surface area contributed by atoms with Gasteiger partial charge in [0.2, 0.25) is 0 Å². The number of hydrogen-bond acceptors (Lipinski definition) is 5. The van der Waals surface area contributed by atoms with Gasteiger partial charge in [-0.2, -0.15) is 0 Å². The van der Waals surface area contributed by atoms with Gasteiger partial charge >= 0.3 is 5.97 Å². The minimum absolute atomic E-state index is 0.187. The Morgan fingerprint density at radius 2 is 2.00 bits per heavy atom. The van der Waals surface area contributed by atoms with Crippen LogP contribution in [0.3, 0.4) is 0 Å². The lowest BCUT2D eigenvalue weighted by Crippen LogP contribution is -2.12. The van der Waals surface area contributed by atoms with Gasteiger partial charge in [-0.25, -0.2) is 9.78 Å². The first-order valence-electron chi connectivity index (χ1n) is 5.08. The molecule has 0 spiro atoms. The highest BCUT2D eigenvalue weighted by Gasteiger charge is 2.09. The van der Waals surface area contributed by atoms with Crippen LogP contribution in [-0.4, -0.2) is 24.0 Å². The third kappa shape index (κ3) is 2.54. The van der Waals surface area contributed by atoms with Crippen LogP contribution >= 0.6 is 0 Å². The topological polar surface area (TPSA) is 81.4 Å². The molecule has 6 nitrogen and oxygen atoms in total. The third-order valence-electron chi connectivity index (χ3n) is 2.23. The minimum Gasteiger partial charge on any atom is -0.465 e. The Morgan fingerprint density at radius 3 is 2.56 bits per heavy atom. The van der Waals surface area contributed by atoms with Gasteiger partial charge in [0.1, 0.15) is 6.26 Å². The number of carbonyl (C=O) groups is 2. The fraction of sp³-hybridized carbons (Fsp3) is 0.0833. The summed E-state index contributed by atoms with van der Waals surface area (Å²) in [5.74, 6) is -0.807. The van der Waals surface area contributed by atoms with E-state index in [2.05, 4.69) is 15.0 Å². The molecule has 1 N–H and O–H groups in total. The minimum atomic E-state index is -0.427. The van der Waals surface area contributed by atoms with E-state index >= 15 is 0 Å². The molecule has 0 aliphatic carbocycles. The summed E-state index contributed by atoms with van der Waals surface area (Å²) in [6.07, 6.45) is 2.42. The lowest BCUT2D eigenvalue weighted by atomic mass is 10.2. The maximum atomic E-state index is 11.6. The van der Waals surface area contributed by atoms with Gasteiger partial charge in [0, 0.05) is 5.69 Å². The van der Waals surface area contributed by atoms with E-state index in [1.165, 1.54) is 19.8 Å². The standard InChI is InChI=1S/C12H10N2O4/c1-17-12(16)8-2-4-9(5-3-8)14-11(15)10-6-18-7-13-10/h2-7H,1H3,(H,14,15).